The van der Waals surface area contributed by atoms with Crippen molar-refractivity contribution in [2.24, 2.45) is 0 Å². The lowest BCUT2D eigenvalue weighted by Crippen LogP contribution is -2.55. The van der Waals surface area contributed by atoms with Crippen molar-refractivity contribution in [3.63, 3.8) is 0 Å². The first kappa shape index (κ1) is 12.8. The molecule has 0 aromatic heterocycles. The molecule has 0 fully saturated rings. The van der Waals surface area contributed by atoms with Gasteiger partial charge in [-0.1, -0.05) is 11.6 Å². The highest BCUT2D eigenvalue weighted by atomic mass is 35.5. The van der Waals surface area contributed by atoms with Crippen molar-refractivity contribution in [1.82, 2.24) is 0 Å². The molecule has 0 saturated heterocycles. The first-order valence-corrected chi connectivity index (χ1v) is 3.24. The van der Waals surface area contributed by atoms with E-state index >= 15 is 0 Å². The van der Waals surface area contributed by atoms with Crippen LogP contribution in [0.4, 0.5) is 30.7 Å². The Morgan fingerprint density at radius 2 is 1.31 bits per heavy atom. The molecule has 0 nitrogen and oxygen atoms in total. The van der Waals surface area contributed by atoms with E-state index in [1.165, 1.54) is 0 Å². The van der Waals surface area contributed by atoms with Gasteiger partial charge in [-0.2, -0.15) is 13.2 Å². The molecular weight excluding hydrogens is 228 g/mol. The SMILES string of the molecule is CC(F)(C(F)(F)F)C(F)(Cl)C(F)F. The summed E-state index contributed by atoms with van der Waals surface area (Å²) < 4.78 is 83.1. The van der Waals surface area contributed by atoms with Gasteiger partial charge in [-0.3, -0.25) is 0 Å². The smallest absolute Gasteiger partial charge is 0.229 e. The van der Waals surface area contributed by atoms with Crippen molar-refractivity contribution in [1.29, 1.82) is 0 Å². The van der Waals surface area contributed by atoms with Gasteiger partial charge >= 0.3 is 6.18 Å². The molecule has 0 spiro atoms. The molecule has 80 valence electrons. The van der Waals surface area contributed by atoms with Gasteiger partial charge in [0.15, 0.2) is 0 Å². The van der Waals surface area contributed by atoms with Gasteiger partial charge in [-0.15, -0.1) is 0 Å². The predicted molar refractivity (Wildman–Crippen MR) is 31.3 cm³/mol. The minimum Gasteiger partial charge on any atom is -0.229 e. The van der Waals surface area contributed by atoms with Crippen molar-refractivity contribution >= 4 is 11.6 Å². The van der Waals surface area contributed by atoms with Crippen LogP contribution in [0.5, 0.6) is 0 Å². The van der Waals surface area contributed by atoms with Gasteiger partial charge in [0.1, 0.15) is 0 Å². The van der Waals surface area contributed by atoms with Crippen LogP contribution in [0.15, 0.2) is 0 Å². The fourth-order valence-corrected chi connectivity index (χ4v) is 0.501. The number of hydrogen-bond donors (Lipinski definition) is 0. The van der Waals surface area contributed by atoms with E-state index < -0.39 is 23.4 Å². The second kappa shape index (κ2) is 3.18. The van der Waals surface area contributed by atoms with Gasteiger partial charge in [0.25, 0.3) is 17.2 Å². The standard InChI is InChI=1S/C5H4ClF7/c1-3(9,5(11,12)13)4(6,10)2(7)8/h2H,1H3. The Bertz CT molecular complexity index is 182. The molecule has 13 heavy (non-hydrogen) atoms. The first-order valence-electron chi connectivity index (χ1n) is 2.86. The van der Waals surface area contributed by atoms with E-state index in [1.807, 2.05) is 0 Å². The summed E-state index contributed by atoms with van der Waals surface area (Å²) in [6.45, 7) is -0.383. The van der Waals surface area contributed by atoms with Crippen molar-refractivity contribution in [3.8, 4) is 0 Å². The third-order valence-electron chi connectivity index (χ3n) is 1.43. The third kappa shape index (κ3) is 2.00. The molecule has 0 bridgehead atoms. The molecule has 8 heteroatoms. The van der Waals surface area contributed by atoms with Gasteiger partial charge in [0.2, 0.25) is 0 Å². The molecule has 0 radical (unpaired) electrons. The molecular formula is C5H4ClF7. The zero-order valence-corrected chi connectivity index (χ0v) is 6.86. The summed E-state index contributed by atoms with van der Waals surface area (Å²) in [5, 5.41) is -4.77. The van der Waals surface area contributed by atoms with Crippen LogP contribution in [0.3, 0.4) is 0 Å². The van der Waals surface area contributed by atoms with Crippen LogP contribution in [-0.4, -0.2) is 23.4 Å². The monoisotopic (exact) mass is 232 g/mol. The summed E-state index contributed by atoms with van der Waals surface area (Å²) >= 11 is 4.14. The molecule has 0 aliphatic heterocycles. The highest BCUT2D eigenvalue weighted by Gasteiger charge is 2.70. The molecule has 2 atom stereocenters. The maximum absolute atomic E-state index is 12.5. The fraction of sp³-hybridized carbons (Fsp3) is 1.00. The van der Waals surface area contributed by atoms with Crippen molar-refractivity contribution in [2.45, 2.75) is 30.3 Å². The molecule has 0 aliphatic rings. The Balaban J connectivity index is 5.04. The van der Waals surface area contributed by atoms with Crippen molar-refractivity contribution in [3.05, 3.63) is 0 Å². The van der Waals surface area contributed by atoms with Gasteiger partial charge in [0, 0.05) is 0 Å². The van der Waals surface area contributed by atoms with Gasteiger partial charge < -0.3 is 0 Å². The summed E-state index contributed by atoms with van der Waals surface area (Å²) in [5.41, 5.74) is -4.80. The summed E-state index contributed by atoms with van der Waals surface area (Å²) in [6.07, 6.45) is -10.1. The van der Waals surface area contributed by atoms with Gasteiger partial charge in [-0.25, -0.2) is 17.6 Å². The first-order chi connectivity index (χ1) is 5.44. The second-order valence-electron chi connectivity index (χ2n) is 2.42. The molecule has 0 aromatic rings. The van der Waals surface area contributed by atoms with E-state index in [1.54, 1.807) is 0 Å². The molecule has 0 N–H and O–H groups in total. The van der Waals surface area contributed by atoms with E-state index in [2.05, 4.69) is 11.6 Å². The Labute approximate surface area is 73.7 Å². The minimum absolute atomic E-state index is 0.383. The lowest BCUT2D eigenvalue weighted by Gasteiger charge is -2.32. The molecule has 0 aliphatic carbocycles. The average Bonchev–Trinajstić information content (AvgIpc) is 1.84. The number of hydrogen-bond acceptors (Lipinski definition) is 0. The highest BCUT2D eigenvalue weighted by Crippen LogP contribution is 2.48. The number of rotatable bonds is 2. The Kier molecular flexibility index (Phi) is 3.13. The zero-order chi connectivity index (χ0) is 11.1. The van der Waals surface area contributed by atoms with Crippen LogP contribution >= 0.6 is 11.6 Å². The predicted octanol–water partition coefficient (Wildman–Crippen LogP) is 3.45. The van der Waals surface area contributed by atoms with Gasteiger partial charge in [0.05, 0.1) is 0 Å². The highest BCUT2D eigenvalue weighted by molar-refractivity contribution is 6.24. The van der Waals surface area contributed by atoms with E-state index in [-0.39, 0.29) is 6.92 Å². The van der Waals surface area contributed by atoms with E-state index in [4.69, 9.17) is 0 Å². The van der Waals surface area contributed by atoms with E-state index in [0.29, 0.717) is 0 Å². The molecule has 0 aromatic carbocycles. The van der Waals surface area contributed by atoms with Crippen LogP contribution < -0.4 is 0 Å². The maximum Gasteiger partial charge on any atom is 0.426 e. The summed E-state index contributed by atoms with van der Waals surface area (Å²) in [7, 11) is 0. The van der Waals surface area contributed by atoms with E-state index in [9.17, 15) is 30.7 Å². The molecule has 0 heterocycles. The van der Waals surface area contributed by atoms with Crippen LogP contribution in [0.1, 0.15) is 6.92 Å². The summed E-state index contributed by atoms with van der Waals surface area (Å²) in [6, 6.07) is 0. The second-order valence-corrected chi connectivity index (χ2v) is 2.97. The number of halogens is 8. The van der Waals surface area contributed by atoms with Crippen molar-refractivity contribution in [2.75, 3.05) is 0 Å². The largest absolute Gasteiger partial charge is 0.426 e. The van der Waals surface area contributed by atoms with Crippen LogP contribution in [0, 0.1) is 0 Å². The molecule has 0 amide bonds. The van der Waals surface area contributed by atoms with Gasteiger partial charge in [-0.05, 0) is 6.92 Å². The normalized spacial score (nSPS) is 22.6. The Morgan fingerprint density at radius 1 is 1.00 bits per heavy atom. The summed E-state index contributed by atoms with van der Waals surface area (Å²) in [5.74, 6) is 0. The summed E-state index contributed by atoms with van der Waals surface area (Å²) in [4.78, 5) is 0. The maximum atomic E-state index is 12.5. The van der Waals surface area contributed by atoms with Crippen LogP contribution in [0.25, 0.3) is 0 Å². The lowest BCUT2D eigenvalue weighted by atomic mass is 10.0. The van der Waals surface area contributed by atoms with Crippen LogP contribution in [0.2, 0.25) is 0 Å². The van der Waals surface area contributed by atoms with Crippen LogP contribution in [-0.2, 0) is 0 Å². The fourth-order valence-electron chi connectivity index (χ4n) is 0.394. The quantitative estimate of drug-likeness (QED) is 0.505. The average molecular weight is 233 g/mol. The number of alkyl halides is 8. The van der Waals surface area contributed by atoms with E-state index in [0.717, 1.165) is 0 Å². The molecule has 0 rings (SSSR count). The third-order valence-corrected chi connectivity index (χ3v) is 1.95. The Morgan fingerprint density at radius 3 is 1.38 bits per heavy atom. The van der Waals surface area contributed by atoms with Crippen molar-refractivity contribution < 1.29 is 30.7 Å². The zero-order valence-electron chi connectivity index (χ0n) is 6.10. The molecule has 0 saturated carbocycles. The minimum atomic E-state index is -5.79. The topological polar surface area (TPSA) is 0 Å². The molecule has 2 unspecified atom stereocenters. The Hall–Kier alpha value is -0.200. The lowest BCUT2D eigenvalue weighted by molar-refractivity contribution is -0.266.